The topological polar surface area (TPSA) is 133 Å². The third-order valence-electron chi connectivity index (χ3n) is 2.92. The van der Waals surface area contributed by atoms with E-state index in [4.69, 9.17) is 21.3 Å². The molecule has 7 nitrogen and oxygen atoms in total. The summed E-state index contributed by atoms with van der Waals surface area (Å²) in [5, 5.41) is 8.54. The number of carbonyl (C=O) groups is 3. The minimum Gasteiger partial charge on any atom is -0.481 e. The summed E-state index contributed by atoms with van der Waals surface area (Å²) < 4.78 is 4.89. The van der Waals surface area contributed by atoms with E-state index in [0.29, 0.717) is 6.42 Å². The van der Waals surface area contributed by atoms with Crippen LogP contribution in [0.1, 0.15) is 26.2 Å². The molecule has 0 aliphatic heterocycles. The summed E-state index contributed by atoms with van der Waals surface area (Å²) in [6, 6.07) is -1.13. The number of carbonyl (C=O) groups excluding carboxylic acids is 2. The number of carboxylic acid groups (broad SMARTS) is 1. The lowest BCUT2D eigenvalue weighted by molar-refractivity contribution is -0.147. The Morgan fingerprint density at radius 1 is 1.50 bits per heavy atom. The van der Waals surface area contributed by atoms with E-state index in [-0.39, 0.29) is 13.0 Å². The van der Waals surface area contributed by atoms with Crippen molar-refractivity contribution in [1.82, 2.24) is 0 Å². The molecular weight excluding hydrogens is 240 g/mol. The summed E-state index contributed by atoms with van der Waals surface area (Å²) >= 11 is 0. The van der Waals surface area contributed by atoms with Crippen LogP contribution in [0.2, 0.25) is 0 Å². The van der Waals surface area contributed by atoms with E-state index in [1.807, 2.05) is 6.92 Å². The second-order valence-corrected chi connectivity index (χ2v) is 4.54. The number of rotatable bonds is 7. The van der Waals surface area contributed by atoms with Gasteiger partial charge in [0.25, 0.3) is 0 Å². The molecule has 3 atom stereocenters. The van der Waals surface area contributed by atoms with Crippen LogP contribution in [0.4, 0.5) is 0 Å². The number of Topliss-reactive ketones (excluding diaryl/α,β-unsaturated/α-hetero) is 1. The molecule has 7 heteroatoms. The summed E-state index contributed by atoms with van der Waals surface area (Å²) in [4.78, 5) is 33.8. The van der Waals surface area contributed by atoms with Crippen molar-refractivity contribution in [2.45, 2.75) is 37.8 Å². The molecule has 1 saturated carbocycles. The highest BCUT2D eigenvalue weighted by Crippen LogP contribution is 2.43. The van der Waals surface area contributed by atoms with E-state index < -0.39 is 41.6 Å². The molecular formula is C11H18N2O5. The standard InChI is InChI=1S/C11H18N2O5/c1-2-3-18-10(17)11(13)5-6(11)9(16)7(12)4-8(14)15/h6-7H,2-5,12-13H2,1H3,(H,14,15)/t6?,7-,11?/m0/s1. The molecule has 0 bridgehead atoms. The van der Waals surface area contributed by atoms with Crippen LogP contribution < -0.4 is 11.5 Å². The first-order valence-electron chi connectivity index (χ1n) is 5.80. The number of ketones is 1. The number of carboxylic acids is 1. The highest BCUT2D eigenvalue weighted by atomic mass is 16.5. The zero-order valence-electron chi connectivity index (χ0n) is 10.2. The van der Waals surface area contributed by atoms with Crippen molar-refractivity contribution in [2.75, 3.05) is 6.61 Å². The maximum absolute atomic E-state index is 11.8. The van der Waals surface area contributed by atoms with Crippen LogP contribution in [0.25, 0.3) is 0 Å². The van der Waals surface area contributed by atoms with Gasteiger partial charge in [-0.2, -0.15) is 0 Å². The van der Waals surface area contributed by atoms with E-state index in [9.17, 15) is 14.4 Å². The van der Waals surface area contributed by atoms with Gasteiger partial charge in [0.15, 0.2) is 5.78 Å². The second kappa shape index (κ2) is 5.45. The van der Waals surface area contributed by atoms with Gasteiger partial charge in [-0.25, -0.2) is 0 Å². The van der Waals surface area contributed by atoms with Crippen molar-refractivity contribution in [2.24, 2.45) is 17.4 Å². The lowest BCUT2D eigenvalue weighted by atomic mass is 10.0. The van der Waals surface area contributed by atoms with E-state index in [1.165, 1.54) is 0 Å². The van der Waals surface area contributed by atoms with Gasteiger partial charge in [0, 0.05) is 0 Å². The largest absolute Gasteiger partial charge is 0.481 e. The Hall–Kier alpha value is -1.47. The number of ether oxygens (including phenoxy) is 1. The number of hydrogen-bond donors (Lipinski definition) is 3. The Bertz CT molecular complexity index is 370. The summed E-state index contributed by atoms with van der Waals surface area (Å²) in [7, 11) is 0. The molecule has 102 valence electrons. The highest BCUT2D eigenvalue weighted by molar-refractivity contribution is 6.00. The number of esters is 1. The predicted octanol–water partition coefficient (Wildman–Crippen LogP) is -0.972. The van der Waals surface area contributed by atoms with Gasteiger partial charge in [0.05, 0.1) is 25.0 Å². The fourth-order valence-electron chi connectivity index (χ4n) is 1.74. The predicted molar refractivity (Wildman–Crippen MR) is 61.5 cm³/mol. The van der Waals surface area contributed by atoms with Gasteiger partial charge in [-0.15, -0.1) is 0 Å². The number of nitrogens with two attached hydrogens (primary N) is 2. The number of aliphatic carboxylic acids is 1. The van der Waals surface area contributed by atoms with Crippen molar-refractivity contribution in [3.8, 4) is 0 Å². The molecule has 5 N–H and O–H groups in total. The first kappa shape index (κ1) is 14.6. The van der Waals surface area contributed by atoms with Gasteiger partial charge in [0.2, 0.25) is 0 Å². The summed E-state index contributed by atoms with van der Waals surface area (Å²) in [6.07, 6.45) is 0.371. The lowest BCUT2D eigenvalue weighted by Gasteiger charge is -2.12. The average molecular weight is 258 g/mol. The fourth-order valence-corrected chi connectivity index (χ4v) is 1.74. The Morgan fingerprint density at radius 2 is 2.11 bits per heavy atom. The molecule has 2 unspecified atom stereocenters. The molecule has 0 radical (unpaired) electrons. The van der Waals surface area contributed by atoms with Crippen LogP contribution in [0.5, 0.6) is 0 Å². The van der Waals surface area contributed by atoms with E-state index >= 15 is 0 Å². The molecule has 1 aliphatic rings. The SMILES string of the molecule is CCCOC(=O)C1(N)CC1C(=O)[C@@H](N)CC(=O)O. The minimum atomic E-state index is -1.32. The van der Waals surface area contributed by atoms with Gasteiger partial charge >= 0.3 is 11.9 Å². The van der Waals surface area contributed by atoms with Gasteiger partial charge in [-0.3, -0.25) is 14.4 Å². The van der Waals surface area contributed by atoms with Gasteiger partial charge in [0.1, 0.15) is 5.54 Å². The third-order valence-corrected chi connectivity index (χ3v) is 2.92. The van der Waals surface area contributed by atoms with Gasteiger partial charge in [-0.05, 0) is 12.8 Å². The highest BCUT2D eigenvalue weighted by Gasteiger charge is 2.62. The summed E-state index contributed by atoms with van der Waals surface area (Å²) in [6.45, 7) is 2.09. The third kappa shape index (κ3) is 3.05. The number of hydrogen-bond acceptors (Lipinski definition) is 6. The zero-order chi connectivity index (χ0) is 13.9. The van der Waals surface area contributed by atoms with E-state index in [0.717, 1.165) is 0 Å². The second-order valence-electron chi connectivity index (χ2n) is 4.54. The fraction of sp³-hybridized carbons (Fsp3) is 0.727. The van der Waals surface area contributed by atoms with Crippen molar-refractivity contribution < 1.29 is 24.2 Å². The minimum absolute atomic E-state index is 0.168. The first-order valence-corrected chi connectivity index (χ1v) is 5.80. The van der Waals surface area contributed by atoms with Gasteiger partial charge in [-0.1, -0.05) is 6.92 Å². The van der Waals surface area contributed by atoms with Gasteiger partial charge < -0.3 is 21.3 Å². The maximum atomic E-state index is 11.8. The average Bonchev–Trinajstić information content (AvgIpc) is 2.98. The maximum Gasteiger partial charge on any atom is 0.326 e. The molecule has 0 aromatic heterocycles. The monoisotopic (exact) mass is 258 g/mol. The quantitative estimate of drug-likeness (QED) is 0.500. The normalized spacial score (nSPS) is 27.4. The molecule has 1 aliphatic carbocycles. The van der Waals surface area contributed by atoms with Crippen LogP contribution >= 0.6 is 0 Å². The molecule has 1 fully saturated rings. The van der Waals surface area contributed by atoms with Crippen LogP contribution in [-0.2, 0) is 19.1 Å². The van der Waals surface area contributed by atoms with Crippen LogP contribution in [-0.4, -0.2) is 41.0 Å². The van der Waals surface area contributed by atoms with E-state index in [1.54, 1.807) is 0 Å². The van der Waals surface area contributed by atoms with Crippen molar-refractivity contribution in [3.63, 3.8) is 0 Å². The lowest BCUT2D eigenvalue weighted by Crippen LogP contribution is -2.43. The van der Waals surface area contributed by atoms with Crippen molar-refractivity contribution in [3.05, 3.63) is 0 Å². The molecule has 0 aromatic carbocycles. The van der Waals surface area contributed by atoms with Crippen LogP contribution in [0.15, 0.2) is 0 Å². The van der Waals surface area contributed by atoms with Crippen molar-refractivity contribution in [1.29, 1.82) is 0 Å². The Morgan fingerprint density at radius 3 is 2.61 bits per heavy atom. The Balaban J connectivity index is 2.54. The molecule has 0 aromatic rings. The summed E-state index contributed by atoms with van der Waals surface area (Å²) in [5.41, 5.74) is 9.87. The summed E-state index contributed by atoms with van der Waals surface area (Å²) in [5.74, 6) is -3.00. The van der Waals surface area contributed by atoms with Crippen LogP contribution in [0.3, 0.4) is 0 Å². The molecule has 0 heterocycles. The smallest absolute Gasteiger partial charge is 0.326 e. The Labute approximate surface area is 104 Å². The Kier molecular flexibility index (Phi) is 4.42. The van der Waals surface area contributed by atoms with E-state index in [2.05, 4.69) is 0 Å². The first-order chi connectivity index (χ1) is 8.32. The zero-order valence-corrected chi connectivity index (χ0v) is 10.2. The molecule has 18 heavy (non-hydrogen) atoms. The molecule has 0 spiro atoms. The van der Waals surface area contributed by atoms with Crippen molar-refractivity contribution >= 4 is 17.7 Å². The molecule has 0 amide bonds. The molecule has 1 rings (SSSR count). The molecule has 0 saturated heterocycles. The van der Waals surface area contributed by atoms with Crippen LogP contribution in [0, 0.1) is 5.92 Å².